The van der Waals surface area contributed by atoms with Gasteiger partial charge >= 0.3 is 0 Å². The number of fused-ring (bicyclic) bond motifs is 10. The highest BCUT2D eigenvalue weighted by atomic mass is 16.5. The predicted molar refractivity (Wildman–Crippen MR) is 166 cm³/mol. The molecule has 3 aromatic rings. The first-order valence-corrected chi connectivity index (χ1v) is 14.5. The van der Waals surface area contributed by atoms with Crippen molar-refractivity contribution in [2.75, 3.05) is 14.1 Å². The highest BCUT2D eigenvalue weighted by Crippen LogP contribution is 2.28. The van der Waals surface area contributed by atoms with E-state index in [1.807, 2.05) is 75.3 Å². The Balaban J connectivity index is 1.82. The normalized spacial score (nSPS) is 21.1. The fraction of sp³-hybridized carbons (Fsp3) is 0.324. The molecule has 0 spiro atoms. The first-order valence-electron chi connectivity index (χ1n) is 14.5. The zero-order chi connectivity index (χ0) is 30.9. The van der Waals surface area contributed by atoms with Crippen LogP contribution in [0.1, 0.15) is 49.2 Å². The number of carbonyl (C=O) groups is 3. The average molecular weight is 585 g/mol. The Morgan fingerprint density at radius 3 is 2.19 bits per heavy atom. The molecule has 0 aromatic heterocycles. The first kappa shape index (κ1) is 31.5. The summed E-state index contributed by atoms with van der Waals surface area (Å²) in [5, 5.41) is 19.7. The van der Waals surface area contributed by atoms with Crippen LogP contribution >= 0.6 is 0 Å². The van der Waals surface area contributed by atoms with Crippen LogP contribution in [0.5, 0.6) is 5.75 Å². The van der Waals surface area contributed by atoms with Crippen LogP contribution in [0.3, 0.4) is 0 Å². The second kappa shape index (κ2) is 14.6. The molecule has 6 unspecified atom stereocenters. The monoisotopic (exact) mass is 584 g/mol. The molecule has 3 aromatic carbocycles. The minimum atomic E-state index is -1.38. The lowest BCUT2D eigenvalue weighted by Gasteiger charge is -2.34. The molecule has 226 valence electrons. The van der Waals surface area contributed by atoms with E-state index in [0.717, 1.165) is 12.0 Å². The Kier molecular flexibility index (Phi) is 10.7. The molecule has 5 rings (SSSR count). The molecule has 0 aliphatic carbocycles. The summed E-state index contributed by atoms with van der Waals surface area (Å²) in [6.45, 7) is 3.99. The van der Waals surface area contributed by atoms with Crippen LogP contribution < -0.4 is 20.7 Å². The summed E-state index contributed by atoms with van der Waals surface area (Å²) in [5.74, 6) is -1.18. The highest BCUT2D eigenvalue weighted by molar-refractivity contribution is 5.94. The number of benzene rings is 3. The number of hydrogen-bond donors (Lipinski definition) is 4. The van der Waals surface area contributed by atoms with Crippen molar-refractivity contribution in [2.45, 2.75) is 50.6 Å². The summed E-state index contributed by atoms with van der Waals surface area (Å²) in [7, 11) is 3.64. The molecule has 0 fully saturated rings. The standard InChI is InChI=1S/C34H40N4O5/c1-5-22(2)29(38(3)4)34(42)37-28-31(25-14-10-7-11-15-25)43-26-18-16-23(17-19-26)20-21-35-32(40)27(36-33(28)41)30(39)24-12-8-6-9-13-24/h6-22,27-31,39H,5H2,1-4H3,(H,35,40)(H,36,41)(H,37,42). The molecule has 2 aliphatic rings. The van der Waals surface area contributed by atoms with Crippen molar-refractivity contribution >= 4 is 23.8 Å². The number of aliphatic hydroxyl groups excluding tert-OH is 1. The minimum absolute atomic E-state index is 0.00887. The summed E-state index contributed by atoms with van der Waals surface area (Å²) in [6, 6.07) is 21.8. The van der Waals surface area contributed by atoms with E-state index >= 15 is 0 Å². The number of ether oxygens (including phenoxy) is 1. The van der Waals surface area contributed by atoms with Gasteiger partial charge in [0.25, 0.3) is 0 Å². The van der Waals surface area contributed by atoms with Gasteiger partial charge in [-0.15, -0.1) is 0 Å². The van der Waals surface area contributed by atoms with E-state index in [4.69, 9.17) is 4.74 Å². The van der Waals surface area contributed by atoms with Gasteiger partial charge < -0.3 is 25.8 Å². The Morgan fingerprint density at radius 1 is 0.953 bits per heavy atom. The van der Waals surface area contributed by atoms with Crippen LogP contribution in [-0.2, 0) is 14.4 Å². The van der Waals surface area contributed by atoms with Gasteiger partial charge in [0.1, 0.15) is 23.9 Å². The second-order valence-electron chi connectivity index (χ2n) is 11.0. The summed E-state index contributed by atoms with van der Waals surface area (Å²) in [5.41, 5.74) is 1.90. The molecular weight excluding hydrogens is 544 g/mol. The fourth-order valence-corrected chi connectivity index (χ4v) is 5.20. The molecule has 3 amide bonds. The lowest BCUT2D eigenvalue weighted by Crippen LogP contribution is -2.60. The molecule has 4 N–H and O–H groups in total. The number of aliphatic hydroxyl groups is 1. The van der Waals surface area contributed by atoms with Gasteiger partial charge in [0.05, 0.1) is 6.04 Å². The first-order chi connectivity index (χ1) is 20.7. The van der Waals surface area contributed by atoms with E-state index in [1.54, 1.807) is 48.5 Å². The molecule has 0 saturated heterocycles. The highest BCUT2D eigenvalue weighted by Gasteiger charge is 2.39. The summed E-state index contributed by atoms with van der Waals surface area (Å²) in [4.78, 5) is 43.4. The third kappa shape index (κ3) is 7.88. The SMILES string of the molecule is CCC(C)C(C(=O)NC1C(=O)NC(C(O)c2ccccc2)C(=O)NC=Cc2ccc(cc2)OC1c1ccccc1)N(C)C. The van der Waals surface area contributed by atoms with Gasteiger partial charge in [0.15, 0.2) is 6.10 Å². The number of hydrogen-bond acceptors (Lipinski definition) is 6. The predicted octanol–water partition coefficient (Wildman–Crippen LogP) is 3.59. The van der Waals surface area contributed by atoms with Crippen molar-refractivity contribution in [2.24, 2.45) is 5.92 Å². The van der Waals surface area contributed by atoms with Gasteiger partial charge in [-0.25, -0.2) is 0 Å². The van der Waals surface area contributed by atoms with Crippen LogP contribution in [0.15, 0.2) is 91.1 Å². The number of amides is 3. The van der Waals surface area contributed by atoms with E-state index in [2.05, 4.69) is 16.0 Å². The lowest BCUT2D eigenvalue weighted by molar-refractivity contribution is -0.137. The Bertz CT molecular complexity index is 1400. The average Bonchev–Trinajstić information content (AvgIpc) is 3.02. The van der Waals surface area contributed by atoms with Crippen molar-refractivity contribution < 1.29 is 24.2 Å². The van der Waals surface area contributed by atoms with E-state index in [0.29, 0.717) is 16.9 Å². The zero-order valence-electron chi connectivity index (χ0n) is 24.9. The molecular formula is C34H40N4O5. The summed E-state index contributed by atoms with van der Waals surface area (Å²) in [6.07, 6.45) is 1.58. The van der Waals surface area contributed by atoms with Gasteiger partial charge in [0.2, 0.25) is 17.7 Å². The third-order valence-electron chi connectivity index (χ3n) is 7.70. The largest absolute Gasteiger partial charge is 0.483 e. The number of nitrogens with one attached hydrogen (secondary N) is 3. The van der Waals surface area contributed by atoms with Crippen LogP contribution in [0.2, 0.25) is 0 Å². The summed E-state index contributed by atoms with van der Waals surface area (Å²) >= 11 is 0. The number of likely N-dealkylation sites (N-methyl/N-ethyl adjacent to an activating group) is 1. The molecule has 43 heavy (non-hydrogen) atoms. The number of rotatable bonds is 8. The molecule has 2 aliphatic heterocycles. The van der Waals surface area contributed by atoms with Crippen molar-refractivity contribution in [3.8, 4) is 5.75 Å². The molecule has 6 atom stereocenters. The number of nitrogens with zero attached hydrogens (tertiary/aromatic N) is 1. The van der Waals surface area contributed by atoms with Crippen molar-refractivity contribution in [3.63, 3.8) is 0 Å². The molecule has 2 heterocycles. The van der Waals surface area contributed by atoms with E-state index < -0.39 is 42.1 Å². The van der Waals surface area contributed by atoms with Crippen molar-refractivity contribution in [1.82, 2.24) is 20.9 Å². The topological polar surface area (TPSA) is 120 Å². The van der Waals surface area contributed by atoms with Crippen molar-refractivity contribution in [1.29, 1.82) is 0 Å². The second-order valence-corrected chi connectivity index (χ2v) is 11.0. The van der Waals surface area contributed by atoms with Crippen LogP contribution in [0, 0.1) is 5.92 Å². The summed E-state index contributed by atoms with van der Waals surface area (Å²) < 4.78 is 6.44. The maximum Gasteiger partial charge on any atom is 0.249 e. The maximum absolute atomic E-state index is 14.3. The molecule has 2 bridgehead atoms. The van der Waals surface area contributed by atoms with E-state index in [9.17, 15) is 19.5 Å². The van der Waals surface area contributed by atoms with Gasteiger partial charge in [0, 0.05) is 6.20 Å². The fourth-order valence-electron chi connectivity index (χ4n) is 5.20. The van der Waals surface area contributed by atoms with E-state index in [1.165, 1.54) is 6.20 Å². The van der Waals surface area contributed by atoms with Gasteiger partial charge in [-0.3, -0.25) is 19.3 Å². The quantitative estimate of drug-likeness (QED) is 0.321. The lowest BCUT2D eigenvalue weighted by atomic mass is 9.95. The maximum atomic E-state index is 14.3. The Hall–Kier alpha value is -4.47. The molecule has 9 nitrogen and oxygen atoms in total. The Labute approximate surface area is 252 Å². The van der Waals surface area contributed by atoms with E-state index in [-0.39, 0.29) is 11.8 Å². The van der Waals surface area contributed by atoms with Crippen LogP contribution in [-0.4, -0.2) is 59.9 Å². The van der Waals surface area contributed by atoms with Crippen LogP contribution in [0.4, 0.5) is 0 Å². The zero-order valence-corrected chi connectivity index (χ0v) is 24.9. The number of carbonyl (C=O) groups excluding carboxylic acids is 3. The molecule has 9 heteroatoms. The molecule has 0 saturated carbocycles. The van der Waals surface area contributed by atoms with Gasteiger partial charge in [-0.2, -0.15) is 0 Å². The van der Waals surface area contributed by atoms with Gasteiger partial charge in [-0.1, -0.05) is 93.1 Å². The van der Waals surface area contributed by atoms with Gasteiger partial charge in [-0.05, 0) is 54.9 Å². The minimum Gasteiger partial charge on any atom is -0.483 e. The van der Waals surface area contributed by atoms with Crippen LogP contribution in [0.25, 0.3) is 6.08 Å². The third-order valence-corrected chi connectivity index (χ3v) is 7.70. The van der Waals surface area contributed by atoms with Crippen molar-refractivity contribution in [3.05, 3.63) is 108 Å². The molecule has 0 radical (unpaired) electrons. The Morgan fingerprint density at radius 2 is 1.58 bits per heavy atom. The smallest absolute Gasteiger partial charge is 0.249 e.